The van der Waals surface area contributed by atoms with Crippen molar-refractivity contribution >= 4 is 17.4 Å². The second kappa shape index (κ2) is 8.48. The first kappa shape index (κ1) is 17.9. The van der Waals surface area contributed by atoms with Crippen LogP contribution < -0.4 is 5.32 Å². The Morgan fingerprint density at radius 2 is 2.16 bits per heavy atom. The second-order valence-electron chi connectivity index (χ2n) is 7.04. The largest absolute Gasteiger partial charge is 0.384 e. The number of Topliss-reactive ketones (excluding diaryl/α,β-unsaturated/α-hetero) is 1. The molecule has 3 rings (SSSR count). The Morgan fingerprint density at radius 1 is 1.32 bits per heavy atom. The number of hydrogen-bond donors (Lipinski definition) is 1. The Hall–Kier alpha value is -1.88. The van der Waals surface area contributed by atoms with Gasteiger partial charge < -0.3 is 15.0 Å². The molecule has 1 N–H and O–H groups in total. The van der Waals surface area contributed by atoms with Gasteiger partial charge in [-0.15, -0.1) is 0 Å². The van der Waals surface area contributed by atoms with E-state index in [1.807, 2.05) is 23.1 Å². The molecular weight excluding hydrogens is 316 g/mol. The fourth-order valence-corrected chi connectivity index (χ4v) is 3.90. The first-order valence-corrected chi connectivity index (χ1v) is 9.36. The Bertz CT molecular complexity index is 617. The summed E-state index contributed by atoms with van der Waals surface area (Å²) in [4.78, 5) is 26.9. The molecule has 0 radical (unpaired) electrons. The van der Waals surface area contributed by atoms with E-state index in [-0.39, 0.29) is 17.9 Å². The number of carbonyl (C=O) groups is 2. The maximum atomic E-state index is 12.8. The normalized spacial score (nSPS) is 24.2. The maximum Gasteiger partial charge on any atom is 0.224 e. The SMILES string of the molecule is Cc1ccccc1NCCC(=O)N1CCOCC1C1CCCCC1=O. The van der Waals surface area contributed by atoms with Gasteiger partial charge in [0.1, 0.15) is 5.78 Å². The molecule has 5 heteroatoms. The van der Waals surface area contributed by atoms with Crippen molar-refractivity contribution in [2.75, 3.05) is 31.6 Å². The van der Waals surface area contributed by atoms with Crippen LogP contribution in [-0.4, -0.2) is 48.9 Å². The van der Waals surface area contributed by atoms with Gasteiger partial charge >= 0.3 is 0 Å². The number of nitrogens with one attached hydrogen (secondary N) is 1. The minimum absolute atomic E-state index is 0.0395. The lowest BCUT2D eigenvalue weighted by Crippen LogP contribution is -2.54. The van der Waals surface area contributed by atoms with Crippen molar-refractivity contribution in [3.63, 3.8) is 0 Å². The van der Waals surface area contributed by atoms with E-state index < -0.39 is 0 Å². The summed E-state index contributed by atoms with van der Waals surface area (Å²) in [5.74, 6) is 0.382. The summed E-state index contributed by atoms with van der Waals surface area (Å²) in [6.45, 7) is 4.31. The molecular formula is C20H28N2O3. The van der Waals surface area contributed by atoms with E-state index in [0.29, 0.717) is 44.9 Å². The lowest BCUT2D eigenvalue weighted by molar-refractivity contribution is -0.146. The molecule has 1 saturated heterocycles. The number of nitrogens with zero attached hydrogens (tertiary/aromatic N) is 1. The Balaban J connectivity index is 1.57. The fourth-order valence-electron chi connectivity index (χ4n) is 3.90. The second-order valence-corrected chi connectivity index (χ2v) is 7.04. The number of anilines is 1. The molecule has 136 valence electrons. The van der Waals surface area contributed by atoms with Crippen LogP contribution in [0.5, 0.6) is 0 Å². The fraction of sp³-hybridized carbons (Fsp3) is 0.600. The van der Waals surface area contributed by atoms with E-state index in [0.717, 1.165) is 24.9 Å². The van der Waals surface area contributed by atoms with Gasteiger partial charge in [-0.1, -0.05) is 24.6 Å². The van der Waals surface area contributed by atoms with Crippen molar-refractivity contribution in [2.45, 2.75) is 45.1 Å². The monoisotopic (exact) mass is 344 g/mol. The topological polar surface area (TPSA) is 58.6 Å². The van der Waals surface area contributed by atoms with E-state index in [1.54, 1.807) is 0 Å². The van der Waals surface area contributed by atoms with Crippen molar-refractivity contribution < 1.29 is 14.3 Å². The molecule has 2 unspecified atom stereocenters. The third kappa shape index (κ3) is 4.40. The highest BCUT2D eigenvalue weighted by atomic mass is 16.5. The maximum absolute atomic E-state index is 12.8. The highest BCUT2D eigenvalue weighted by Crippen LogP contribution is 2.28. The minimum Gasteiger partial charge on any atom is -0.384 e. The van der Waals surface area contributed by atoms with Crippen LogP contribution >= 0.6 is 0 Å². The number of morpholine rings is 1. The molecule has 25 heavy (non-hydrogen) atoms. The van der Waals surface area contributed by atoms with Gasteiger partial charge in [-0.2, -0.15) is 0 Å². The zero-order chi connectivity index (χ0) is 17.6. The summed E-state index contributed by atoms with van der Waals surface area (Å²) in [6.07, 6.45) is 4.03. The summed E-state index contributed by atoms with van der Waals surface area (Å²) in [5.41, 5.74) is 2.24. The third-order valence-electron chi connectivity index (χ3n) is 5.35. The number of aryl methyl sites for hydroxylation is 1. The van der Waals surface area contributed by atoms with E-state index in [9.17, 15) is 9.59 Å². The zero-order valence-electron chi connectivity index (χ0n) is 15.0. The van der Waals surface area contributed by atoms with Crippen molar-refractivity contribution in [1.82, 2.24) is 4.90 Å². The van der Waals surface area contributed by atoms with Crippen molar-refractivity contribution in [1.29, 1.82) is 0 Å². The summed E-state index contributed by atoms with van der Waals surface area (Å²) >= 11 is 0. The van der Waals surface area contributed by atoms with Crippen molar-refractivity contribution in [3.05, 3.63) is 29.8 Å². The van der Waals surface area contributed by atoms with Gasteiger partial charge in [0.2, 0.25) is 5.91 Å². The number of rotatable bonds is 5. The van der Waals surface area contributed by atoms with E-state index in [4.69, 9.17) is 4.74 Å². The number of benzene rings is 1. The van der Waals surface area contributed by atoms with Crippen LogP contribution in [0.4, 0.5) is 5.69 Å². The van der Waals surface area contributed by atoms with Gasteiger partial charge in [0.15, 0.2) is 0 Å². The molecule has 0 spiro atoms. The van der Waals surface area contributed by atoms with Crippen LogP contribution in [-0.2, 0) is 14.3 Å². The van der Waals surface area contributed by atoms with E-state index in [1.165, 1.54) is 5.56 Å². The molecule has 5 nitrogen and oxygen atoms in total. The van der Waals surface area contributed by atoms with Crippen molar-refractivity contribution in [2.24, 2.45) is 5.92 Å². The third-order valence-corrected chi connectivity index (χ3v) is 5.35. The van der Waals surface area contributed by atoms with Crippen molar-refractivity contribution in [3.8, 4) is 0 Å². The summed E-state index contributed by atoms with van der Waals surface area (Å²) in [7, 11) is 0. The smallest absolute Gasteiger partial charge is 0.224 e. The summed E-state index contributed by atoms with van der Waals surface area (Å²) < 4.78 is 5.59. The number of ketones is 1. The Labute approximate surface area is 149 Å². The highest BCUT2D eigenvalue weighted by Gasteiger charge is 2.37. The first-order valence-electron chi connectivity index (χ1n) is 9.36. The average Bonchev–Trinajstić information content (AvgIpc) is 2.64. The molecule has 1 amide bonds. The van der Waals surface area contributed by atoms with E-state index in [2.05, 4.69) is 18.3 Å². The number of ether oxygens (including phenoxy) is 1. The highest BCUT2D eigenvalue weighted by molar-refractivity contribution is 5.84. The predicted octanol–water partition coefficient (Wildman–Crippen LogP) is 2.78. The van der Waals surface area contributed by atoms with Crippen LogP contribution in [0, 0.1) is 12.8 Å². The zero-order valence-corrected chi connectivity index (χ0v) is 15.0. The number of amides is 1. The first-order chi connectivity index (χ1) is 12.2. The molecule has 1 aliphatic carbocycles. The standard InChI is InChI=1S/C20H28N2O3/c1-15-6-2-4-8-17(15)21-11-10-20(24)22-12-13-25-14-18(22)16-7-3-5-9-19(16)23/h2,4,6,8,16,18,21H,3,5,7,9-14H2,1H3. The molecule has 0 aromatic heterocycles. The van der Waals surface area contributed by atoms with E-state index >= 15 is 0 Å². The van der Waals surface area contributed by atoms with Gasteiger partial charge in [-0.05, 0) is 31.4 Å². The minimum atomic E-state index is -0.0764. The molecule has 1 aliphatic heterocycles. The molecule has 2 aliphatic rings. The van der Waals surface area contributed by atoms with Gasteiger partial charge in [-0.25, -0.2) is 0 Å². The number of carbonyl (C=O) groups excluding carboxylic acids is 2. The van der Waals surface area contributed by atoms with Gasteiger partial charge in [0, 0.05) is 37.5 Å². The van der Waals surface area contributed by atoms with Crippen LogP contribution in [0.3, 0.4) is 0 Å². The quantitative estimate of drug-likeness (QED) is 0.892. The average molecular weight is 344 g/mol. The van der Waals surface area contributed by atoms with Crippen LogP contribution in [0.25, 0.3) is 0 Å². The molecule has 1 aromatic carbocycles. The summed E-state index contributed by atoms with van der Waals surface area (Å²) in [5, 5.41) is 3.34. The molecule has 2 fully saturated rings. The molecule has 0 bridgehead atoms. The molecule has 1 saturated carbocycles. The van der Waals surface area contributed by atoms with Crippen LogP contribution in [0.1, 0.15) is 37.7 Å². The lowest BCUT2D eigenvalue weighted by atomic mass is 9.82. The van der Waals surface area contributed by atoms with Gasteiger partial charge in [-0.3, -0.25) is 9.59 Å². The Kier molecular flexibility index (Phi) is 6.08. The Morgan fingerprint density at radius 3 is 2.96 bits per heavy atom. The molecule has 2 atom stereocenters. The summed E-state index contributed by atoms with van der Waals surface area (Å²) in [6, 6.07) is 8.00. The predicted molar refractivity (Wildman–Crippen MR) is 97.6 cm³/mol. The number of para-hydroxylation sites is 1. The van der Waals surface area contributed by atoms with Gasteiger partial charge in [0.05, 0.1) is 19.3 Å². The number of hydrogen-bond acceptors (Lipinski definition) is 4. The lowest BCUT2D eigenvalue weighted by Gasteiger charge is -2.41. The van der Waals surface area contributed by atoms with Gasteiger partial charge in [0.25, 0.3) is 0 Å². The van der Waals surface area contributed by atoms with Crippen LogP contribution in [0.15, 0.2) is 24.3 Å². The molecule has 1 aromatic rings. The van der Waals surface area contributed by atoms with Crippen LogP contribution in [0.2, 0.25) is 0 Å². The molecule has 1 heterocycles.